The van der Waals surface area contributed by atoms with Crippen LogP contribution in [0.4, 0.5) is 5.13 Å². The Morgan fingerprint density at radius 3 is 2.52 bits per heavy atom. The molecular weight excluding hydrogens is 376 g/mol. The van der Waals surface area contributed by atoms with Gasteiger partial charge in [-0.25, -0.2) is 9.29 Å². The fraction of sp³-hybridized carbons (Fsp3) is 0.438. The van der Waals surface area contributed by atoms with Gasteiger partial charge in [0.2, 0.25) is 11.8 Å². The van der Waals surface area contributed by atoms with Gasteiger partial charge in [0.1, 0.15) is 0 Å². The Morgan fingerprint density at radius 2 is 1.88 bits per heavy atom. The lowest BCUT2D eigenvalue weighted by molar-refractivity contribution is -0.129. The molecule has 0 unspecified atom stereocenters. The van der Waals surface area contributed by atoms with Crippen LogP contribution >= 0.6 is 34.6 Å². The molecule has 0 saturated carbocycles. The highest BCUT2D eigenvalue weighted by molar-refractivity contribution is 7.99. The molecule has 6 nitrogen and oxygen atoms in total. The number of nitrogens with one attached hydrogen (secondary N) is 1. The normalized spacial score (nSPS) is 15.4. The summed E-state index contributed by atoms with van der Waals surface area (Å²) >= 11 is 4.98. The second-order valence-electron chi connectivity index (χ2n) is 5.76. The molecule has 0 atom stereocenters. The molecule has 1 aliphatic heterocycles. The van der Waals surface area contributed by atoms with Crippen molar-refractivity contribution in [3.05, 3.63) is 17.8 Å². The van der Waals surface area contributed by atoms with Crippen molar-refractivity contribution >= 4 is 51.6 Å². The lowest BCUT2D eigenvalue weighted by Gasteiger charge is -2.32. The molecule has 0 aromatic carbocycles. The van der Waals surface area contributed by atoms with Gasteiger partial charge in [-0.3, -0.25) is 9.59 Å². The Morgan fingerprint density at radius 1 is 1.16 bits per heavy atom. The van der Waals surface area contributed by atoms with E-state index < -0.39 is 0 Å². The van der Waals surface area contributed by atoms with Crippen molar-refractivity contribution in [3.8, 4) is 9.75 Å². The van der Waals surface area contributed by atoms with E-state index >= 15 is 0 Å². The van der Waals surface area contributed by atoms with Gasteiger partial charge in [0.05, 0.1) is 14.8 Å². The van der Waals surface area contributed by atoms with Crippen molar-refractivity contribution in [1.29, 1.82) is 0 Å². The van der Waals surface area contributed by atoms with E-state index in [-0.39, 0.29) is 11.8 Å². The molecule has 0 bridgehead atoms. The topological polar surface area (TPSA) is 65.5 Å². The number of thiazole rings is 1. The van der Waals surface area contributed by atoms with E-state index in [4.69, 9.17) is 0 Å². The van der Waals surface area contributed by atoms with Gasteiger partial charge in [0.15, 0.2) is 5.13 Å². The molecule has 3 heterocycles. The van der Waals surface area contributed by atoms with Crippen molar-refractivity contribution in [2.75, 3.05) is 31.5 Å². The number of rotatable bonds is 4. The van der Waals surface area contributed by atoms with Crippen molar-refractivity contribution in [3.63, 3.8) is 0 Å². The summed E-state index contributed by atoms with van der Waals surface area (Å²) in [6.45, 7) is 8.41. The quantitative estimate of drug-likeness (QED) is 0.803. The first kappa shape index (κ1) is 18.4. The smallest absolute Gasteiger partial charge is 0.223 e. The van der Waals surface area contributed by atoms with Gasteiger partial charge < -0.3 is 10.2 Å². The molecule has 0 radical (unpaired) electrons. The largest absolute Gasteiger partial charge is 0.340 e. The van der Waals surface area contributed by atoms with Gasteiger partial charge in [-0.15, -0.1) is 11.3 Å². The molecule has 3 rings (SSSR count). The standard InChI is InChI=1S/C16H20N4O2S3/c1-10-15(24-16(17-10)18-11(2)21)13-4-5-14(23-13)25-20-8-6-19(7-9-20)12(3)22/h4-5H,6-9H2,1-3H3,(H,17,18,21). The number of amides is 2. The maximum atomic E-state index is 11.4. The zero-order valence-corrected chi connectivity index (χ0v) is 16.8. The number of carbonyl (C=O) groups is 2. The number of piperazine rings is 1. The summed E-state index contributed by atoms with van der Waals surface area (Å²) in [6, 6.07) is 4.23. The summed E-state index contributed by atoms with van der Waals surface area (Å²) in [5.74, 6) is 0.0473. The number of anilines is 1. The van der Waals surface area contributed by atoms with E-state index in [1.165, 1.54) is 22.5 Å². The van der Waals surface area contributed by atoms with Crippen LogP contribution in [0.1, 0.15) is 19.5 Å². The second-order valence-corrected chi connectivity index (χ2v) is 9.24. The van der Waals surface area contributed by atoms with Crippen LogP contribution in [0.15, 0.2) is 16.3 Å². The van der Waals surface area contributed by atoms with Crippen LogP contribution in [0, 0.1) is 6.92 Å². The van der Waals surface area contributed by atoms with Crippen LogP contribution < -0.4 is 5.32 Å². The molecule has 2 aromatic heterocycles. The highest BCUT2D eigenvalue weighted by Crippen LogP contribution is 2.40. The Bertz CT molecular complexity index is 778. The highest BCUT2D eigenvalue weighted by atomic mass is 32.2. The monoisotopic (exact) mass is 396 g/mol. The second kappa shape index (κ2) is 7.86. The fourth-order valence-corrected chi connectivity index (χ4v) is 5.92. The summed E-state index contributed by atoms with van der Waals surface area (Å²) in [7, 11) is 0. The zero-order chi connectivity index (χ0) is 18.0. The van der Waals surface area contributed by atoms with Crippen LogP contribution in [0.2, 0.25) is 0 Å². The average molecular weight is 397 g/mol. The van der Waals surface area contributed by atoms with Gasteiger partial charge in [-0.2, -0.15) is 0 Å². The first-order valence-electron chi connectivity index (χ1n) is 7.96. The van der Waals surface area contributed by atoms with E-state index in [0.29, 0.717) is 5.13 Å². The molecule has 0 aliphatic carbocycles. The number of hydrogen-bond donors (Lipinski definition) is 1. The maximum absolute atomic E-state index is 11.4. The average Bonchev–Trinajstić information content (AvgIpc) is 3.13. The molecule has 2 amide bonds. The first-order chi connectivity index (χ1) is 11.9. The minimum absolute atomic E-state index is 0.104. The van der Waals surface area contributed by atoms with Crippen LogP contribution in [0.5, 0.6) is 0 Å². The number of carbonyl (C=O) groups excluding carboxylic acids is 2. The number of thiophene rings is 1. The van der Waals surface area contributed by atoms with Gasteiger partial charge in [-0.1, -0.05) is 11.3 Å². The summed E-state index contributed by atoms with van der Waals surface area (Å²) in [4.78, 5) is 31.2. The molecule has 9 heteroatoms. The highest BCUT2D eigenvalue weighted by Gasteiger charge is 2.20. The number of hydrogen-bond acceptors (Lipinski definition) is 7. The SMILES string of the molecule is CC(=O)Nc1nc(C)c(-c2ccc(SN3CCN(C(C)=O)CC3)s2)s1. The molecule has 1 saturated heterocycles. The van der Waals surface area contributed by atoms with E-state index in [1.807, 2.05) is 11.8 Å². The van der Waals surface area contributed by atoms with E-state index in [0.717, 1.165) is 41.6 Å². The third-order valence-corrected chi connectivity index (χ3v) is 7.33. The van der Waals surface area contributed by atoms with Crippen LogP contribution in [0.3, 0.4) is 0 Å². The molecule has 1 fully saturated rings. The van der Waals surface area contributed by atoms with Crippen molar-refractivity contribution in [2.24, 2.45) is 0 Å². The molecule has 2 aromatic rings. The third-order valence-electron chi connectivity index (χ3n) is 3.79. The molecule has 0 spiro atoms. The zero-order valence-electron chi connectivity index (χ0n) is 14.4. The molecule has 1 N–H and O–H groups in total. The Kier molecular flexibility index (Phi) is 5.78. The fourth-order valence-electron chi connectivity index (χ4n) is 2.54. The predicted molar refractivity (Wildman–Crippen MR) is 104 cm³/mol. The summed E-state index contributed by atoms with van der Waals surface area (Å²) < 4.78 is 3.53. The van der Waals surface area contributed by atoms with Crippen molar-refractivity contribution in [1.82, 2.24) is 14.2 Å². The van der Waals surface area contributed by atoms with Crippen LogP contribution in [-0.2, 0) is 9.59 Å². The number of nitrogens with zero attached hydrogens (tertiary/aromatic N) is 3. The third kappa shape index (κ3) is 4.60. The van der Waals surface area contributed by atoms with E-state index in [1.54, 1.807) is 30.2 Å². The number of aryl methyl sites for hydroxylation is 1. The van der Waals surface area contributed by atoms with Gasteiger partial charge >= 0.3 is 0 Å². The van der Waals surface area contributed by atoms with Gasteiger partial charge in [0, 0.05) is 44.9 Å². The minimum atomic E-state index is -0.104. The van der Waals surface area contributed by atoms with E-state index in [9.17, 15) is 9.59 Å². The first-order valence-corrected chi connectivity index (χ1v) is 10.4. The molecule has 1 aliphatic rings. The summed E-state index contributed by atoms with van der Waals surface area (Å²) in [5.41, 5.74) is 0.933. The molecule has 134 valence electrons. The number of aromatic nitrogens is 1. The Labute approximate surface area is 159 Å². The van der Waals surface area contributed by atoms with E-state index in [2.05, 4.69) is 26.7 Å². The Hall–Kier alpha value is -1.42. The summed E-state index contributed by atoms with van der Waals surface area (Å²) in [6.07, 6.45) is 0. The van der Waals surface area contributed by atoms with Crippen molar-refractivity contribution < 1.29 is 9.59 Å². The maximum Gasteiger partial charge on any atom is 0.223 e. The van der Waals surface area contributed by atoms with Crippen LogP contribution in [0.25, 0.3) is 9.75 Å². The lowest BCUT2D eigenvalue weighted by Crippen LogP contribution is -2.45. The molecular formula is C16H20N4O2S3. The summed E-state index contributed by atoms with van der Waals surface area (Å²) in [5, 5.41) is 3.39. The molecule has 25 heavy (non-hydrogen) atoms. The van der Waals surface area contributed by atoms with Crippen LogP contribution in [-0.4, -0.2) is 52.2 Å². The van der Waals surface area contributed by atoms with Crippen molar-refractivity contribution in [2.45, 2.75) is 25.0 Å². The minimum Gasteiger partial charge on any atom is -0.340 e. The Balaban J connectivity index is 1.64. The lowest BCUT2D eigenvalue weighted by atomic mass is 10.3. The van der Waals surface area contributed by atoms with Gasteiger partial charge in [-0.05, 0) is 31.0 Å². The van der Waals surface area contributed by atoms with Gasteiger partial charge in [0.25, 0.3) is 0 Å². The predicted octanol–water partition coefficient (Wildman–Crippen LogP) is 3.31.